The van der Waals surface area contributed by atoms with E-state index >= 15 is 0 Å². The number of carbonyl (C=O) groups is 11. The van der Waals surface area contributed by atoms with Crippen LogP contribution >= 0.6 is 0 Å². The van der Waals surface area contributed by atoms with Crippen molar-refractivity contribution in [3.8, 4) is 0 Å². The van der Waals surface area contributed by atoms with E-state index in [4.69, 9.17) is 0 Å². The Morgan fingerprint density at radius 3 is 1.20 bits per heavy atom. The van der Waals surface area contributed by atoms with Crippen LogP contribution in [0.5, 0.6) is 0 Å². The van der Waals surface area contributed by atoms with Gasteiger partial charge in [-0.2, -0.15) is 0 Å². The zero-order valence-electron chi connectivity index (χ0n) is 28.7. The number of methoxy groups -OCH3 is 3. The van der Waals surface area contributed by atoms with E-state index in [-0.39, 0.29) is 64.6 Å². The van der Waals surface area contributed by atoms with Crippen molar-refractivity contribution in [3.05, 3.63) is 0 Å². The van der Waals surface area contributed by atoms with E-state index in [0.29, 0.717) is 0 Å². The van der Waals surface area contributed by atoms with Crippen molar-refractivity contribution in [1.82, 2.24) is 42.5 Å². The summed E-state index contributed by atoms with van der Waals surface area (Å²) in [7, 11) is 3.51. The summed E-state index contributed by atoms with van der Waals surface area (Å²) >= 11 is 0. The normalized spacial score (nSPS) is 10.6. The van der Waals surface area contributed by atoms with Crippen LogP contribution in [0, 0.1) is 0 Å². The van der Waals surface area contributed by atoms with Crippen LogP contribution in [0.3, 0.4) is 0 Å². The predicted octanol–water partition coefficient (Wildman–Crippen LogP) is -5.47. The summed E-state index contributed by atoms with van der Waals surface area (Å²) in [5.74, 6) is -6.77. The van der Waals surface area contributed by atoms with Gasteiger partial charge < -0.3 is 56.7 Å². The lowest BCUT2D eigenvalue weighted by atomic mass is 10.1. The summed E-state index contributed by atoms with van der Waals surface area (Å²) in [4.78, 5) is 129. The van der Waals surface area contributed by atoms with Crippen molar-refractivity contribution in [1.29, 1.82) is 0 Å². The quantitative estimate of drug-likeness (QED) is 0.0321. The average molecular weight is 731 g/mol. The van der Waals surface area contributed by atoms with Crippen molar-refractivity contribution in [2.75, 3.05) is 67.1 Å². The van der Waals surface area contributed by atoms with Gasteiger partial charge in [-0.15, -0.1) is 0 Å². The molecule has 0 saturated carbocycles. The third-order valence-electron chi connectivity index (χ3n) is 6.28. The Morgan fingerprint density at radius 1 is 0.412 bits per heavy atom. The van der Waals surface area contributed by atoms with Crippen LogP contribution in [-0.2, 0) is 67.0 Å². The molecule has 22 heteroatoms. The zero-order valence-corrected chi connectivity index (χ0v) is 28.7. The van der Waals surface area contributed by atoms with Crippen molar-refractivity contribution >= 4 is 65.2 Å². The molecule has 0 aromatic rings. The fourth-order valence-corrected chi connectivity index (χ4v) is 3.54. The van der Waals surface area contributed by atoms with Crippen LogP contribution in [0.2, 0.25) is 0 Å². The Kier molecular flexibility index (Phi) is 24.0. The van der Waals surface area contributed by atoms with Gasteiger partial charge in [-0.25, -0.2) is 4.79 Å². The maximum atomic E-state index is 12.1. The SMILES string of the molecule is COC(=O)CCNC(=O)CNC(=O)CCCC(=O)NCC(=O)NCC(=O)NCC(=O)NCC(=O)NCCC(=O)NC(CCC(=O)OC)C(=O)OC. The van der Waals surface area contributed by atoms with Gasteiger partial charge in [0.1, 0.15) is 6.04 Å². The van der Waals surface area contributed by atoms with Crippen LogP contribution in [0.25, 0.3) is 0 Å². The molecule has 8 amide bonds. The average Bonchev–Trinajstić information content (AvgIpc) is 3.11. The molecule has 0 aliphatic rings. The molecule has 0 radical (unpaired) electrons. The molecule has 0 saturated heterocycles. The fourth-order valence-electron chi connectivity index (χ4n) is 3.54. The highest BCUT2D eigenvalue weighted by Gasteiger charge is 2.22. The van der Waals surface area contributed by atoms with E-state index < -0.39 is 97.4 Å². The molecule has 1 atom stereocenters. The number of carbonyl (C=O) groups excluding carboxylic acids is 11. The molecular weight excluding hydrogens is 684 g/mol. The smallest absolute Gasteiger partial charge is 0.328 e. The summed E-state index contributed by atoms with van der Waals surface area (Å²) in [6.07, 6.45) is -0.440. The van der Waals surface area contributed by atoms with Crippen molar-refractivity contribution in [2.45, 2.75) is 51.0 Å². The van der Waals surface area contributed by atoms with Gasteiger partial charge >= 0.3 is 17.9 Å². The standard InChI is InChI=1S/C29H46N8O14/c1-49-27(46)8-7-18(29(48)51-3)37-21(40)9-11-30-23(42)14-34-25(44)16-36-26(45)17-35-24(43)15-33-20(39)6-4-5-19(38)32-13-22(41)31-12-10-28(47)50-2/h18H,4-17H2,1-3H3,(H,30,42)(H,31,41)(H,32,38)(H,33,39)(H,34,44)(H,35,43)(H,36,45)(H,37,40). The molecule has 0 aliphatic carbocycles. The molecule has 8 N–H and O–H groups in total. The largest absolute Gasteiger partial charge is 0.469 e. The van der Waals surface area contributed by atoms with Gasteiger partial charge in [0, 0.05) is 38.8 Å². The van der Waals surface area contributed by atoms with Crippen LogP contribution in [0.4, 0.5) is 0 Å². The maximum Gasteiger partial charge on any atom is 0.328 e. The molecule has 22 nitrogen and oxygen atoms in total. The highest BCUT2D eigenvalue weighted by Crippen LogP contribution is 2.02. The third-order valence-corrected chi connectivity index (χ3v) is 6.28. The van der Waals surface area contributed by atoms with Crippen molar-refractivity contribution < 1.29 is 67.0 Å². The Bertz CT molecular complexity index is 1260. The van der Waals surface area contributed by atoms with E-state index in [1.807, 2.05) is 0 Å². The van der Waals surface area contributed by atoms with E-state index in [0.717, 1.165) is 7.11 Å². The first kappa shape index (κ1) is 45.2. The number of rotatable bonds is 25. The number of hydrogen-bond acceptors (Lipinski definition) is 14. The van der Waals surface area contributed by atoms with Crippen LogP contribution in [0.1, 0.15) is 44.9 Å². The highest BCUT2D eigenvalue weighted by atomic mass is 16.5. The Hall–Kier alpha value is -5.83. The van der Waals surface area contributed by atoms with Crippen molar-refractivity contribution in [2.24, 2.45) is 0 Å². The number of hydrogen-bond donors (Lipinski definition) is 8. The summed E-state index contributed by atoms with van der Waals surface area (Å²) < 4.78 is 13.5. The summed E-state index contributed by atoms with van der Waals surface area (Å²) in [6, 6.07) is -1.09. The molecule has 0 aromatic carbocycles. The second-order valence-electron chi connectivity index (χ2n) is 10.3. The first-order valence-electron chi connectivity index (χ1n) is 15.6. The molecular formula is C29H46N8O14. The molecule has 51 heavy (non-hydrogen) atoms. The molecule has 0 rings (SSSR count). The van der Waals surface area contributed by atoms with Gasteiger partial charge in [0.25, 0.3) is 0 Å². The van der Waals surface area contributed by atoms with Gasteiger partial charge in [-0.3, -0.25) is 47.9 Å². The number of amides is 8. The number of ether oxygens (including phenoxy) is 3. The topological polar surface area (TPSA) is 312 Å². The second-order valence-corrected chi connectivity index (χ2v) is 10.3. The second kappa shape index (κ2) is 27.0. The minimum absolute atomic E-state index is 0.0128. The van der Waals surface area contributed by atoms with E-state index in [1.165, 1.54) is 14.2 Å². The third kappa shape index (κ3) is 24.9. The van der Waals surface area contributed by atoms with Gasteiger partial charge in [-0.1, -0.05) is 0 Å². The first-order chi connectivity index (χ1) is 24.2. The van der Waals surface area contributed by atoms with E-state index in [9.17, 15) is 52.7 Å². The molecule has 0 aromatic heterocycles. The molecule has 0 fully saturated rings. The van der Waals surface area contributed by atoms with Crippen LogP contribution in [0.15, 0.2) is 0 Å². The fraction of sp³-hybridized carbons (Fsp3) is 0.621. The molecule has 0 aliphatic heterocycles. The number of esters is 3. The maximum absolute atomic E-state index is 12.1. The molecule has 1 unspecified atom stereocenters. The molecule has 0 spiro atoms. The Morgan fingerprint density at radius 2 is 0.784 bits per heavy atom. The zero-order chi connectivity index (χ0) is 38.6. The van der Waals surface area contributed by atoms with Gasteiger partial charge in [-0.05, 0) is 12.8 Å². The first-order valence-corrected chi connectivity index (χ1v) is 15.6. The molecule has 286 valence electrons. The highest BCUT2D eigenvalue weighted by molar-refractivity contribution is 5.91. The van der Waals surface area contributed by atoms with E-state index in [2.05, 4.69) is 56.7 Å². The summed E-state index contributed by atoms with van der Waals surface area (Å²) in [6.45, 7) is -2.35. The van der Waals surface area contributed by atoms with E-state index in [1.54, 1.807) is 0 Å². The molecule has 0 bridgehead atoms. The number of nitrogens with one attached hydrogen (secondary N) is 8. The minimum atomic E-state index is -1.09. The lowest BCUT2D eigenvalue weighted by molar-refractivity contribution is -0.146. The van der Waals surface area contributed by atoms with Crippen LogP contribution in [-0.4, -0.2) is 138 Å². The van der Waals surface area contributed by atoms with Crippen molar-refractivity contribution in [3.63, 3.8) is 0 Å². The predicted molar refractivity (Wildman–Crippen MR) is 171 cm³/mol. The van der Waals surface area contributed by atoms with Gasteiger partial charge in [0.2, 0.25) is 47.3 Å². The van der Waals surface area contributed by atoms with Gasteiger partial charge in [0.15, 0.2) is 0 Å². The Balaban J connectivity index is 4.06. The van der Waals surface area contributed by atoms with Gasteiger partial charge in [0.05, 0.1) is 60.5 Å². The minimum Gasteiger partial charge on any atom is -0.469 e. The Labute approximate surface area is 292 Å². The summed E-state index contributed by atoms with van der Waals surface area (Å²) in [5.41, 5.74) is 0. The summed E-state index contributed by atoms with van der Waals surface area (Å²) in [5, 5.41) is 18.6. The molecule has 0 heterocycles. The lowest BCUT2D eigenvalue weighted by Crippen LogP contribution is -2.46. The van der Waals surface area contributed by atoms with Crippen LogP contribution < -0.4 is 42.5 Å². The monoisotopic (exact) mass is 730 g/mol. The lowest BCUT2D eigenvalue weighted by Gasteiger charge is -2.16.